The average Bonchev–Trinajstić information content (AvgIpc) is 3.10. The molecule has 2 aromatic heterocycles. The molecule has 0 aliphatic heterocycles. The highest BCUT2D eigenvalue weighted by Crippen LogP contribution is 2.13. The average molecular weight is 409 g/mol. The third kappa shape index (κ3) is 5.79. The van der Waals surface area contributed by atoms with Gasteiger partial charge >= 0.3 is 0 Å². The zero-order valence-electron chi connectivity index (χ0n) is 17.7. The maximum absolute atomic E-state index is 12.2. The van der Waals surface area contributed by atoms with Gasteiger partial charge in [0, 0.05) is 24.3 Å². The first-order valence-corrected chi connectivity index (χ1v) is 10.2. The van der Waals surface area contributed by atoms with Crippen LogP contribution in [0.25, 0.3) is 5.82 Å². The van der Waals surface area contributed by atoms with Gasteiger partial charge in [-0.2, -0.15) is 5.10 Å². The quantitative estimate of drug-likeness (QED) is 0.500. The van der Waals surface area contributed by atoms with Gasteiger partial charge < -0.3 is 15.4 Å². The SMILES string of the molecule is CCCCOc1ccc(C(=O)NCCNc2ccc(-n3nc(C)cc3C)nn2)cc1. The lowest BCUT2D eigenvalue weighted by molar-refractivity contribution is 0.0955. The monoisotopic (exact) mass is 408 g/mol. The van der Waals surface area contributed by atoms with Crippen molar-refractivity contribution in [3.63, 3.8) is 0 Å². The van der Waals surface area contributed by atoms with Crippen LogP contribution in [0, 0.1) is 13.8 Å². The molecule has 8 nitrogen and oxygen atoms in total. The number of unbranched alkanes of at least 4 members (excludes halogenated alkanes) is 1. The van der Waals surface area contributed by atoms with Crippen LogP contribution < -0.4 is 15.4 Å². The molecule has 0 spiro atoms. The Bertz CT molecular complexity index is 951. The molecule has 1 aromatic carbocycles. The van der Waals surface area contributed by atoms with Crippen LogP contribution in [0.4, 0.5) is 5.82 Å². The fraction of sp³-hybridized carbons (Fsp3) is 0.364. The van der Waals surface area contributed by atoms with Crippen LogP contribution in [0.1, 0.15) is 41.5 Å². The smallest absolute Gasteiger partial charge is 0.251 e. The third-order valence-corrected chi connectivity index (χ3v) is 4.48. The van der Waals surface area contributed by atoms with Crippen molar-refractivity contribution in [3.05, 3.63) is 59.4 Å². The van der Waals surface area contributed by atoms with E-state index in [0.717, 1.165) is 30.0 Å². The van der Waals surface area contributed by atoms with E-state index in [2.05, 4.69) is 32.9 Å². The van der Waals surface area contributed by atoms with E-state index >= 15 is 0 Å². The van der Waals surface area contributed by atoms with E-state index in [1.54, 1.807) is 16.8 Å². The van der Waals surface area contributed by atoms with E-state index < -0.39 is 0 Å². The van der Waals surface area contributed by atoms with Gasteiger partial charge in [0.05, 0.1) is 12.3 Å². The Hall–Kier alpha value is -3.42. The number of carbonyl (C=O) groups excluding carboxylic acids is 1. The molecule has 3 rings (SSSR count). The lowest BCUT2D eigenvalue weighted by Gasteiger charge is -2.09. The maximum Gasteiger partial charge on any atom is 0.251 e. The van der Waals surface area contributed by atoms with Gasteiger partial charge in [-0.25, -0.2) is 4.68 Å². The molecule has 30 heavy (non-hydrogen) atoms. The Morgan fingerprint density at radius 1 is 1.07 bits per heavy atom. The summed E-state index contributed by atoms with van der Waals surface area (Å²) in [6, 6.07) is 12.9. The van der Waals surface area contributed by atoms with Crippen LogP contribution in [0.2, 0.25) is 0 Å². The number of nitrogens with zero attached hydrogens (tertiary/aromatic N) is 4. The van der Waals surface area contributed by atoms with Crippen molar-refractivity contribution in [2.24, 2.45) is 0 Å². The van der Waals surface area contributed by atoms with Crippen LogP contribution >= 0.6 is 0 Å². The lowest BCUT2D eigenvalue weighted by Crippen LogP contribution is -2.28. The molecular weight excluding hydrogens is 380 g/mol. The molecule has 0 saturated carbocycles. The first-order chi connectivity index (χ1) is 14.6. The van der Waals surface area contributed by atoms with Crippen molar-refractivity contribution in [1.29, 1.82) is 0 Å². The number of ether oxygens (including phenoxy) is 1. The summed E-state index contributed by atoms with van der Waals surface area (Å²) >= 11 is 0. The lowest BCUT2D eigenvalue weighted by atomic mass is 10.2. The molecule has 0 aliphatic carbocycles. The Balaban J connectivity index is 1.42. The van der Waals surface area contributed by atoms with Gasteiger partial charge in [-0.3, -0.25) is 4.79 Å². The van der Waals surface area contributed by atoms with E-state index in [0.29, 0.717) is 36.9 Å². The molecule has 0 saturated heterocycles. The van der Waals surface area contributed by atoms with E-state index in [-0.39, 0.29) is 5.91 Å². The van der Waals surface area contributed by atoms with E-state index in [9.17, 15) is 4.79 Å². The molecule has 0 atom stereocenters. The van der Waals surface area contributed by atoms with E-state index in [4.69, 9.17) is 4.74 Å². The molecule has 0 fully saturated rings. The zero-order chi connectivity index (χ0) is 21.3. The van der Waals surface area contributed by atoms with Gasteiger partial charge in [0.1, 0.15) is 11.6 Å². The van der Waals surface area contributed by atoms with Crippen LogP contribution in [-0.2, 0) is 0 Å². The molecule has 2 N–H and O–H groups in total. The first kappa shape index (κ1) is 21.3. The molecule has 3 aromatic rings. The Labute approximate surface area is 176 Å². The molecule has 8 heteroatoms. The molecule has 0 bridgehead atoms. The van der Waals surface area contributed by atoms with Crippen molar-refractivity contribution in [3.8, 4) is 11.6 Å². The fourth-order valence-corrected chi connectivity index (χ4v) is 2.90. The minimum Gasteiger partial charge on any atom is -0.494 e. The third-order valence-electron chi connectivity index (χ3n) is 4.48. The van der Waals surface area contributed by atoms with Crippen molar-refractivity contribution in [1.82, 2.24) is 25.3 Å². The summed E-state index contributed by atoms with van der Waals surface area (Å²) in [5, 5.41) is 18.8. The predicted molar refractivity (Wildman–Crippen MR) is 116 cm³/mol. The molecular formula is C22H28N6O2. The van der Waals surface area contributed by atoms with Crippen LogP contribution in [-0.4, -0.2) is 45.6 Å². The van der Waals surface area contributed by atoms with E-state index in [1.807, 2.05) is 44.2 Å². The number of hydrogen-bond donors (Lipinski definition) is 2. The summed E-state index contributed by atoms with van der Waals surface area (Å²) in [5.41, 5.74) is 2.54. The van der Waals surface area contributed by atoms with Crippen LogP contribution in [0.5, 0.6) is 5.75 Å². The van der Waals surface area contributed by atoms with Gasteiger partial charge in [0.25, 0.3) is 5.91 Å². The number of carbonyl (C=O) groups is 1. The van der Waals surface area contributed by atoms with Gasteiger partial charge in [0.15, 0.2) is 5.82 Å². The Morgan fingerprint density at radius 2 is 1.87 bits per heavy atom. The molecule has 2 heterocycles. The summed E-state index contributed by atoms with van der Waals surface area (Å²) in [4.78, 5) is 12.2. The van der Waals surface area contributed by atoms with Crippen LogP contribution in [0.15, 0.2) is 42.5 Å². The van der Waals surface area contributed by atoms with Gasteiger partial charge in [0.2, 0.25) is 0 Å². The maximum atomic E-state index is 12.2. The Kier molecular flexibility index (Phi) is 7.37. The minimum absolute atomic E-state index is 0.122. The van der Waals surface area contributed by atoms with Crippen molar-refractivity contribution < 1.29 is 9.53 Å². The standard InChI is InChI=1S/C22H28N6O2/c1-4-5-14-30-19-8-6-18(7-9-19)22(29)24-13-12-23-20-10-11-21(26-25-20)28-17(3)15-16(2)27-28/h6-11,15H,4-5,12-14H2,1-3H3,(H,23,25)(H,24,29). The number of aromatic nitrogens is 4. The normalized spacial score (nSPS) is 10.6. The largest absolute Gasteiger partial charge is 0.494 e. The molecule has 1 amide bonds. The number of anilines is 1. The topological polar surface area (TPSA) is 94.0 Å². The summed E-state index contributed by atoms with van der Waals surface area (Å²) in [6.07, 6.45) is 2.11. The number of nitrogens with one attached hydrogen (secondary N) is 2. The summed E-state index contributed by atoms with van der Waals surface area (Å²) in [7, 11) is 0. The predicted octanol–water partition coefficient (Wildman–Crippen LogP) is 3.30. The highest BCUT2D eigenvalue weighted by atomic mass is 16.5. The second kappa shape index (κ2) is 10.4. The second-order valence-electron chi connectivity index (χ2n) is 7.02. The highest BCUT2D eigenvalue weighted by molar-refractivity contribution is 5.94. The number of aryl methyl sites for hydroxylation is 2. The number of rotatable bonds is 10. The van der Waals surface area contributed by atoms with E-state index in [1.165, 1.54) is 0 Å². The number of hydrogen-bond acceptors (Lipinski definition) is 6. The van der Waals surface area contributed by atoms with Crippen molar-refractivity contribution >= 4 is 11.7 Å². The van der Waals surface area contributed by atoms with Gasteiger partial charge in [-0.05, 0) is 62.7 Å². The number of amides is 1. The minimum atomic E-state index is -0.122. The Morgan fingerprint density at radius 3 is 2.50 bits per heavy atom. The fourth-order valence-electron chi connectivity index (χ4n) is 2.90. The zero-order valence-corrected chi connectivity index (χ0v) is 17.7. The summed E-state index contributed by atoms with van der Waals surface area (Å²) in [5.74, 6) is 1.97. The first-order valence-electron chi connectivity index (χ1n) is 10.2. The highest BCUT2D eigenvalue weighted by Gasteiger charge is 2.07. The van der Waals surface area contributed by atoms with Gasteiger partial charge in [-0.15, -0.1) is 10.2 Å². The van der Waals surface area contributed by atoms with Crippen LogP contribution in [0.3, 0.4) is 0 Å². The molecule has 0 radical (unpaired) electrons. The molecule has 158 valence electrons. The molecule has 0 aliphatic rings. The summed E-state index contributed by atoms with van der Waals surface area (Å²) < 4.78 is 7.37. The molecule has 0 unspecified atom stereocenters. The second-order valence-corrected chi connectivity index (χ2v) is 7.02. The van der Waals surface area contributed by atoms with Gasteiger partial charge in [-0.1, -0.05) is 13.3 Å². The number of benzene rings is 1. The summed E-state index contributed by atoms with van der Waals surface area (Å²) in [6.45, 7) is 7.74. The van der Waals surface area contributed by atoms with Crippen molar-refractivity contribution in [2.75, 3.05) is 25.0 Å². The van der Waals surface area contributed by atoms with Crippen molar-refractivity contribution in [2.45, 2.75) is 33.6 Å².